The third-order valence-electron chi connectivity index (χ3n) is 1.33. The van der Waals surface area contributed by atoms with Gasteiger partial charge in [0, 0.05) is 0 Å². The van der Waals surface area contributed by atoms with Gasteiger partial charge >= 0.3 is 5.97 Å². The number of carbonyl (C=O) groups excluding carboxylic acids is 2. The lowest BCUT2D eigenvalue weighted by atomic mass is 10.4. The van der Waals surface area contributed by atoms with Crippen molar-refractivity contribution in [1.29, 1.82) is 0 Å². The summed E-state index contributed by atoms with van der Waals surface area (Å²) in [6, 6.07) is 0. The van der Waals surface area contributed by atoms with E-state index >= 15 is 0 Å². The lowest BCUT2D eigenvalue weighted by molar-refractivity contribution is -0.153. The lowest BCUT2D eigenvalue weighted by Gasteiger charge is -2.00. The molecule has 1 saturated carbocycles. The van der Waals surface area contributed by atoms with Gasteiger partial charge in [0.05, 0.1) is 5.92 Å². The van der Waals surface area contributed by atoms with E-state index in [9.17, 15) is 9.59 Å². The zero-order chi connectivity index (χ0) is 8.27. The van der Waals surface area contributed by atoms with Crippen LogP contribution >= 0.6 is 0 Å². The van der Waals surface area contributed by atoms with E-state index < -0.39 is 5.91 Å². The fourth-order valence-corrected chi connectivity index (χ4v) is 0.581. The maximum absolute atomic E-state index is 10.7. The summed E-state index contributed by atoms with van der Waals surface area (Å²) in [4.78, 5) is 25.4. The van der Waals surface area contributed by atoms with Crippen LogP contribution in [0.5, 0.6) is 0 Å². The van der Waals surface area contributed by atoms with Crippen molar-refractivity contribution in [2.24, 2.45) is 11.7 Å². The summed E-state index contributed by atoms with van der Waals surface area (Å²) in [5.41, 5.74) is 6.96. The summed E-state index contributed by atoms with van der Waals surface area (Å²) in [5, 5.41) is 0. The van der Waals surface area contributed by atoms with E-state index in [-0.39, 0.29) is 18.4 Å². The zero-order valence-electron chi connectivity index (χ0n) is 6.00. The molecule has 3 N–H and O–H groups in total. The van der Waals surface area contributed by atoms with Crippen LogP contribution in [0.3, 0.4) is 0 Å². The van der Waals surface area contributed by atoms with Crippen LogP contribution in [-0.2, 0) is 14.4 Å². The van der Waals surface area contributed by atoms with Gasteiger partial charge in [-0.25, -0.2) is 0 Å². The number of hydrogen-bond acceptors (Lipinski definition) is 4. The Labute approximate surface area is 63.8 Å². The first-order valence-corrected chi connectivity index (χ1v) is 3.42. The van der Waals surface area contributed by atoms with Crippen LogP contribution in [0.1, 0.15) is 12.8 Å². The summed E-state index contributed by atoms with van der Waals surface area (Å²) in [6.45, 7) is -0.127. The van der Waals surface area contributed by atoms with Crippen molar-refractivity contribution in [2.45, 2.75) is 12.8 Å². The van der Waals surface area contributed by atoms with Crippen LogP contribution in [0, 0.1) is 5.92 Å². The number of primary amides is 1. The minimum atomic E-state index is -0.548. The summed E-state index contributed by atoms with van der Waals surface area (Å²) < 4.78 is 0. The number of carbonyl (C=O) groups is 2. The fraction of sp³-hybridized carbons (Fsp3) is 0.667. The molecule has 0 spiro atoms. The van der Waals surface area contributed by atoms with Gasteiger partial charge in [-0.05, 0) is 12.8 Å². The molecular weight excluding hydrogens is 148 g/mol. The molecule has 0 unspecified atom stereocenters. The highest BCUT2D eigenvalue weighted by atomic mass is 16.7. The monoisotopic (exact) mass is 158 g/mol. The quantitative estimate of drug-likeness (QED) is 0.510. The zero-order valence-corrected chi connectivity index (χ0v) is 6.00. The number of rotatable bonds is 4. The fourth-order valence-electron chi connectivity index (χ4n) is 0.581. The molecule has 0 bridgehead atoms. The van der Waals surface area contributed by atoms with Gasteiger partial charge in [0.25, 0.3) is 0 Å². The third kappa shape index (κ3) is 2.99. The van der Waals surface area contributed by atoms with E-state index in [4.69, 9.17) is 5.73 Å². The largest absolute Gasteiger partial charge is 0.370 e. The molecule has 0 aromatic heterocycles. The standard InChI is InChI=1S/C6H10N2O3/c7-5(9)3-8-11-6(10)4-1-2-4/h4,8H,1-3H2,(H2,7,9). The molecule has 0 aromatic carbocycles. The average molecular weight is 158 g/mol. The number of nitrogens with one attached hydrogen (secondary N) is 1. The first-order valence-electron chi connectivity index (χ1n) is 3.42. The molecule has 1 aliphatic carbocycles. The molecule has 5 nitrogen and oxygen atoms in total. The highest BCUT2D eigenvalue weighted by molar-refractivity contribution is 5.77. The Hall–Kier alpha value is -1.10. The van der Waals surface area contributed by atoms with E-state index in [0.717, 1.165) is 12.8 Å². The Kier molecular flexibility index (Phi) is 2.43. The Morgan fingerprint density at radius 3 is 2.64 bits per heavy atom. The highest BCUT2D eigenvalue weighted by Gasteiger charge is 2.31. The summed E-state index contributed by atoms with van der Waals surface area (Å²) in [7, 11) is 0. The minimum absolute atomic E-state index is 0.0374. The minimum Gasteiger partial charge on any atom is -0.370 e. The first kappa shape index (κ1) is 8.00. The Bertz CT molecular complexity index is 177. The predicted octanol–water partition coefficient (Wildman–Crippen LogP) is -1.07. The molecule has 1 amide bonds. The van der Waals surface area contributed by atoms with Crippen LogP contribution in [0.25, 0.3) is 0 Å². The maximum Gasteiger partial charge on any atom is 0.327 e. The van der Waals surface area contributed by atoms with Crippen molar-refractivity contribution in [2.75, 3.05) is 6.54 Å². The van der Waals surface area contributed by atoms with Gasteiger partial charge in [0.1, 0.15) is 6.54 Å². The van der Waals surface area contributed by atoms with Gasteiger partial charge in [-0.1, -0.05) is 0 Å². The molecule has 0 saturated heterocycles. The Morgan fingerprint density at radius 2 is 2.18 bits per heavy atom. The first-order chi connectivity index (χ1) is 5.20. The van der Waals surface area contributed by atoms with E-state index in [2.05, 4.69) is 10.3 Å². The molecule has 0 radical (unpaired) electrons. The molecule has 1 fully saturated rings. The van der Waals surface area contributed by atoms with Gasteiger partial charge in [0.2, 0.25) is 5.91 Å². The molecule has 1 rings (SSSR count). The van der Waals surface area contributed by atoms with Crippen LogP contribution < -0.4 is 11.2 Å². The number of hydrogen-bond donors (Lipinski definition) is 2. The van der Waals surface area contributed by atoms with Crippen LogP contribution in [0.2, 0.25) is 0 Å². The third-order valence-corrected chi connectivity index (χ3v) is 1.33. The number of hydroxylamine groups is 1. The molecule has 62 valence electrons. The topological polar surface area (TPSA) is 81.4 Å². The Morgan fingerprint density at radius 1 is 1.55 bits per heavy atom. The molecule has 1 aliphatic rings. The molecule has 0 aromatic rings. The van der Waals surface area contributed by atoms with E-state index in [1.54, 1.807) is 0 Å². The van der Waals surface area contributed by atoms with E-state index in [1.165, 1.54) is 0 Å². The van der Waals surface area contributed by atoms with E-state index in [0.29, 0.717) is 0 Å². The molecule has 0 heterocycles. The van der Waals surface area contributed by atoms with Gasteiger partial charge in [0.15, 0.2) is 0 Å². The number of nitrogens with two attached hydrogens (primary N) is 1. The SMILES string of the molecule is NC(=O)CNOC(=O)C1CC1. The van der Waals surface area contributed by atoms with Gasteiger partial charge in [-0.15, -0.1) is 5.48 Å². The maximum atomic E-state index is 10.7. The van der Waals surface area contributed by atoms with Crippen LogP contribution in [0.4, 0.5) is 0 Å². The lowest BCUT2D eigenvalue weighted by Crippen LogP contribution is -2.31. The summed E-state index contributed by atoms with van der Waals surface area (Å²) in [6.07, 6.45) is 1.77. The van der Waals surface area contributed by atoms with E-state index in [1.807, 2.05) is 0 Å². The molecular formula is C6H10N2O3. The predicted molar refractivity (Wildman–Crippen MR) is 36.0 cm³/mol. The van der Waals surface area contributed by atoms with Crippen molar-refractivity contribution in [3.8, 4) is 0 Å². The smallest absolute Gasteiger partial charge is 0.327 e. The second-order valence-corrected chi connectivity index (χ2v) is 2.48. The van der Waals surface area contributed by atoms with Gasteiger partial charge in [-0.2, -0.15) is 0 Å². The Balaban J connectivity index is 2.02. The second kappa shape index (κ2) is 3.34. The summed E-state index contributed by atoms with van der Waals surface area (Å²) >= 11 is 0. The van der Waals surface area contributed by atoms with Crippen LogP contribution in [0.15, 0.2) is 0 Å². The molecule has 5 heteroatoms. The van der Waals surface area contributed by atoms with Gasteiger partial charge in [-0.3, -0.25) is 9.59 Å². The van der Waals surface area contributed by atoms with Crippen molar-refractivity contribution < 1.29 is 14.4 Å². The second-order valence-electron chi connectivity index (χ2n) is 2.48. The van der Waals surface area contributed by atoms with Crippen molar-refractivity contribution in [1.82, 2.24) is 5.48 Å². The van der Waals surface area contributed by atoms with Crippen LogP contribution in [-0.4, -0.2) is 18.4 Å². The average Bonchev–Trinajstić information content (AvgIpc) is 2.66. The number of amides is 1. The van der Waals surface area contributed by atoms with Gasteiger partial charge < -0.3 is 10.6 Å². The summed E-state index contributed by atoms with van der Waals surface area (Å²) in [5.74, 6) is -0.810. The molecule has 0 atom stereocenters. The molecule has 11 heavy (non-hydrogen) atoms. The van der Waals surface area contributed by atoms with Crippen molar-refractivity contribution in [3.05, 3.63) is 0 Å². The normalized spacial score (nSPS) is 16.0. The van der Waals surface area contributed by atoms with Crippen molar-refractivity contribution in [3.63, 3.8) is 0 Å². The molecule has 0 aliphatic heterocycles. The van der Waals surface area contributed by atoms with Crippen molar-refractivity contribution >= 4 is 11.9 Å². The highest BCUT2D eigenvalue weighted by Crippen LogP contribution is 2.29.